The van der Waals surface area contributed by atoms with Crippen molar-refractivity contribution < 1.29 is 14.8 Å². The van der Waals surface area contributed by atoms with E-state index in [0.717, 1.165) is 5.56 Å². The fraction of sp³-hybridized carbons (Fsp3) is 0.188. The lowest BCUT2D eigenvalue weighted by Gasteiger charge is -2.14. The van der Waals surface area contributed by atoms with Crippen molar-refractivity contribution in [1.82, 2.24) is 5.32 Å². The monoisotopic (exact) mass is 300 g/mol. The molecule has 0 aliphatic carbocycles. The van der Waals surface area contributed by atoms with Crippen molar-refractivity contribution in [1.29, 1.82) is 0 Å². The summed E-state index contributed by atoms with van der Waals surface area (Å²) in [6.07, 6.45) is -0.868. The Morgan fingerprint density at radius 3 is 2.55 bits per heavy atom. The first-order chi connectivity index (χ1) is 10.5. The zero-order valence-electron chi connectivity index (χ0n) is 12.0. The van der Waals surface area contributed by atoms with Crippen LogP contribution in [0.4, 0.5) is 5.69 Å². The van der Waals surface area contributed by atoms with Crippen molar-refractivity contribution in [3.05, 3.63) is 75.3 Å². The Balaban J connectivity index is 2.08. The number of nitrogens with one attached hydrogen (secondary N) is 1. The first-order valence-electron chi connectivity index (χ1n) is 6.76. The lowest BCUT2D eigenvalue weighted by Crippen LogP contribution is -2.29. The molecular formula is C16H16N2O4. The van der Waals surface area contributed by atoms with E-state index in [1.165, 1.54) is 18.2 Å². The largest absolute Gasteiger partial charge is 0.387 e. The molecule has 6 nitrogen and oxygen atoms in total. The number of hydrogen-bond donors (Lipinski definition) is 2. The van der Waals surface area contributed by atoms with Crippen LogP contribution >= 0.6 is 0 Å². The number of aryl methyl sites for hydroxylation is 1. The average molecular weight is 300 g/mol. The van der Waals surface area contributed by atoms with Gasteiger partial charge < -0.3 is 10.4 Å². The number of rotatable bonds is 5. The average Bonchev–Trinajstić information content (AvgIpc) is 2.52. The highest BCUT2D eigenvalue weighted by Crippen LogP contribution is 2.19. The van der Waals surface area contributed by atoms with Crippen LogP contribution < -0.4 is 5.32 Å². The number of nitro benzene ring substituents is 1. The van der Waals surface area contributed by atoms with Gasteiger partial charge >= 0.3 is 0 Å². The van der Waals surface area contributed by atoms with Crippen molar-refractivity contribution in [3.8, 4) is 0 Å². The predicted octanol–water partition coefficient (Wildman–Crippen LogP) is 2.37. The van der Waals surface area contributed by atoms with E-state index in [0.29, 0.717) is 5.56 Å². The molecule has 1 atom stereocenters. The van der Waals surface area contributed by atoms with Gasteiger partial charge in [-0.15, -0.1) is 0 Å². The van der Waals surface area contributed by atoms with Crippen LogP contribution in [0.25, 0.3) is 0 Å². The fourth-order valence-electron chi connectivity index (χ4n) is 2.18. The Kier molecular flexibility index (Phi) is 4.85. The standard InChI is InChI=1S/C16H16N2O4/c1-11-6-2-3-7-12(11)15(19)10-17-16(20)13-8-4-5-9-14(13)18(21)22/h2-9,15,19H,10H2,1H3,(H,17,20). The van der Waals surface area contributed by atoms with Gasteiger partial charge in [-0.2, -0.15) is 0 Å². The molecule has 0 heterocycles. The van der Waals surface area contributed by atoms with Crippen LogP contribution in [0.2, 0.25) is 0 Å². The second-order valence-corrected chi connectivity index (χ2v) is 4.86. The molecule has 2 rings (SSSR count). The summed E-state index contributed by atoms with van der Waals surface area (Å²) in [4.78, 5) is 22.4. The summed E-state index contributed by atoms with van der Waals surface area (Å²) < 4.78 is 0. The smallest absolute Gasteiger partial charge is 0.282 e. The van der Waals surface area contributed by atoms with Gasteiger partial charge in [0.2, 0.25) is 0 Å². The maximum Gasteiger partial charge on any atom is 0.282 e. The summed E-state index contributed by atoms with van der Waals surface area (Å²) >= 11 is 0. The molecule has 0 bridgehead atoms. The number of aliphatic hydroxyl groups excluding tert-OH is 1. The van der Waals surface area contributed by atoms with Gasteiger partial charge in [0.1, 0.15) is 5.56 Å². The zero-order chi connectivity index (χ0) is 16.1. The molecule has 22 heavy (non-hydrogen) atoms. The molecule has 2 aromatic rings. The number of aliphatic hydroxyl groups is 1. The molecule has 6 heteroatoms. The lowest BCUT2D eigenvalue weighted by molar-refractivity contribution is -0.385. The van der Waals surface area contributed by atoms with Gasteiger partial charge in [0.05, 0.1) is 11.0 Å². The Morgan fingerprint density at radius 1 is 1.23 bits per heavy atom. The second kappa shape index (κ2) is 6.82. The van der Waals surface area contributed by atoms with Gasteiger partial charge in [0.15, 0.2) is 0 Å². The van der Waals surface area contributed by atoms with E-state index in [1.54, 1.807) is 18.2 Å². The van der Waals surface area contributed by atoms with Crippen molar-refractivity contribution in [2.24, 2.45) is 0 Å². The summed E-state index contributed by atoms with van der Waals surface area (Å²) in [7, 11) is 0. The Bertz CT molecular complexity index is 700. The Hall–Kier alpha value is -2.73. The van der Waals surface area contributed by atoms with Crippen LogP contribution in [-0.4, -0.2) is 22.5 Å². The van der Waals surface area contributed by atoms with Gasteiger partial charge in [0.25, 0.3) is 11.6 Å². The number of para-hydroxylation sites is 1. The van der Waals surface area contributed by atoms with Crippen molar-refractivity contribution >= 4 is 11.6 Å². The molecule has 1 amide bonds. The maximum atomic E-state index is 12.1. The Morgan fingerprint density at radius 2 is 1.86 bits per heavy atom. The quantitative estimate of drug-likeness (QED) is 0.655. The zero-order valence-corrected chi connectivity index (χ0v) is 12.0. The molecule has 2 N–H and O–H groups in total. The summed E-state index contributed by atoms with van der Waals surface area (Å²) in [5.74, 6) is -0.583. The van der Waals surface area contributed by atoms with E-state index in [2.05, 4.69) is 5.32 Å². The highest BCUT2D eigenvalue weighted by molar-refractivity contribution is 5.98. The third-order valence-corrected chi connectivity index (χ3v) is 3.35. The summed E-state index contributed by atoms with van der Waals surface area (Å²) in [5, 5.41) is 23.6. The fourth-order valence-corrected chi connectivity index (χ4v) is 2.18. The van der Waals surface area contributed by atoms with E-state index in [4.69, 9.17) is 0 Å². The van der Waals surface area contributed by atoms with Crippen LogP contribution in [0.5, 0.6) is 0 Å². The van der Waals surface area contributed by atoms with Crippen LogP contribution in [0.1, 0.15) is 27.6 Å². The van der Waals surface area contributed by atoms with E-state index >= 15 is 0 Å². The third-order valence-electron chi connectivity index (χ3n) is 3.35. The summed E-state index contributed by atoms with van der Waals surface area (Å²) in [6.45, 7) is 1.85. The molecule has 0 spiro atoms. The van der Waals surface area contributed by atoms with E-state index in [9.17, 15) is 20.0 Å². The van der Waals surface area contributed by atoms with Gasteiger partial charge in [0, 0.05) is 12.6 Å². The minimum atomic E-state index is -0.868. The van der Waals surface area contributed by atoms with Gasteiger partial charge in [-0.3, -0.25) is 14.9 Å². The molecule has 0 aromatic heterocycles. The van der Waals surface area contributed by atoms with Crippen molar-refractivity contribution in [2.75, 3.05) is 6.54 Å². The molecule has 1 unspecified atom stereocenters. The molecule has 0 saturated heterocycles. The number of nitro groups is 1. The molecule has 0 radical (unpaired) electrons. The van der Waals surface area contributed by atoms with Crippen molar-refractivity contribution in [2.45, 2.75) is 13.0 Å². The van der Waals surface area contributed by atoms with Crippen LogP contribution in [0, 0.1) is 17.0 Å². The van der Waals surface area contributed by atoms with Crippen molar-refractivity contribution in [3.63, 3.8) is 0 Å². The first-order valence-corrected chi connectivity index (χ1v) is 6.76. The number of benzene rings is 2. The Labute approximate surface area is 127 Å². The first kappa shape index (κ1) is 15.7. The summed E-state index contributed by atoms with van der Waals surface area (Å²) in [6, 6.07) is 13.0. The predicted molar refractivity (Wildman–Crippen MR) is 81.6 cm³/mol. The molecular weight excluding hydrogens is 284 g/mol. The van der Waals surface area contributed by atoms with Gasteiger partial charge in [-0.25, -0.2) is 0 Å². The molecule has 0 saturated carbocycles. The highest BCUT2D eigenvalue weighted by Gasteiger charge is 2.20. The van der Waals surface area contributed by atoms with Gasteiger partial charge in [-0.05, 0) is 24.1 Å². The number of nitrogens with zero attached hydrogens (tertiary/aromatic N) is 1. The molecule has 0 aliphatic heterocycles. The number of carbonyl (C=O) groups is 1. The maximum absolute atomic E-state index is 12.1. The summed E-state index contributed by atoms with van der Waals surface area (Å²) in [5.41, 5.74) is 1.34. The highest BCUT2D eigenvalue weighted by atomic mass is 16.6. The van der Waals surface area contributed by atoms with Crippen LogP contribution in [-0.2, 0) is 0 Å². The van der Waals surface area contributed by atoms with Crippen LogP contribution in [0.3, 0.4) is 0 Å². The topological polar surface area (TPSA) is 92.5 Å². The number of carbonyl (C=O) groups excluding carboxylic acids is 1. The molecule has 2 aromatic carbocycles. The van der Waals surface area contributed by atoms with E-state index < -0.39 is 16.9 Å². The number of hydrogen-bond acceptors (Lipinski definition) is 4. The molecule has 114 valence electrons. The van der Waals surface area contributed by atoms with Gasteiger partial charge in [-0.1, -0.05) is 36.4 Å². The number of amides is 1. The molecule has 0 aliphatic rings. The van der Waals surface area contributed by atoms with Crippen LogP contribution in [0.15, 0.2) is 48.5 Å². The molecule has 0 fully saturated rings. The minimum Gasteiger partial charge on any atom is -0.387 e. The lowest BCUT2D eigenvalue weighted by atomic mass is 10.0. The minimum absolute atomic E-state index is 0.0181. The second-order valence-electron chi connectivity index (χ2n) is 4.86. The third kappa shape index (κ3) is 3.48. The SMILES string of the molecule is Cc1ccccc1C(O)CNC(=O)c1ccccc1[N+](=O)[O-]. The van der Waals surface area contributed by atoms with E-state index in [1.807, 2.05) is 19.1 Å². The van der Waals surface area contributed by atoms with E-state index in [-0.39, 0.29) is 17.8 Å². The normalized spacial score (nSPS) is 11.7.